The maximum absolute atomic E-state index is 11.4. The highest BCUT2D eigenvalue weighted by molar-refractivity contribution is 6.03. The molecule has 0 saturated carbocycles. The molecule has 0 aliphatic heterocycles. The van der Waals surface area contributed by atoms with Gasteiger partial charge in [-0.2, -0.15) is 0 Å². The van der Waals surface area contributed by atoms with E-state index in [9.17, 15) is 19.2 Å². The summed E-state index contributed by atoms with van der Waals surface area (Å²) in [6.07, 6.45) is 2.95. The van der Waals surface area contributed by atoms with Gasteiger partial charge in [0.05, 0.1) is 0 Å². The van der Waals surface area contributed by atoms with Crippen molar-refractivity contribution in [2.24, 2.45) is 0 Å². The van der Waals surface area contributed by atoms with Crippen LogP contribution >= 0.6 is 0 Å². The van der Waals surface area contributed by atoms with E-state index in [1.165, 1.54) is 18.2 Å². The number of aliphatic carboxylic acids is 2. The summed E-state index contributed by atoms with van der Waals surface area (Å²) in [5.41, 5.74) is 0. The smallest absolute Gasteiger partial charge is 0.328 e. The van der Waals surface area contributed by atoms with Crippen LogP contribution in [0.3, 0.4) is 0 Å². The summed E-state index contributed by atoms with van der Waals surface area (Å²) in [4.78, 5) is 47.1. The minimum Gasteiger partial charge on any atom is -0.478 e. The van der Waals surface area contributed by atoms with Crippen LogP contribution < -0.4 is 10.6 Å². The van der Waals surface area contributed by atoms with Crippen molar-refractivity contribution in [3.63, 3.8) is 0 Å². The molecule has 0 spiro atoms. The normalized spacial score (nSPS) is 10.5. The average Bonchev–Trinajstić information content (AvgIpc) is 2.43. The van der Waals surface area contributed by atoms with E-state index in [1.807, 2.05) is 0 Å². The van der Waals surface area contributed by atoms with E-state index in [0.29, 0.717) is 12.2 Å². The SMILES string of the molecule is O=C(O)C=CC(=O)Nc1cccc(NC(=O)C=CC(=O)O)n1. The highest BCUT2D eigenvalue weighted by atomic mass is 16.4. The van der Waals surface area contributed by atoms with Crippen LogP contribution in [0.1, 0.15) is 0 Å². The predicted octanol–water partition coefficient (Wildman–Crippen LogP) is 0.240. The molecule has 9 heteroatoms. The van der Waals surface area contributed by atoms with Gasteiger partial charge < -0.3 is 20.8 Å². The minimum atomic E-state index is -1.27. The Morgan fingerprint density at radius 3 is 1.59 bits per heavy atom. The number of carbonyl (C=O) groups is 4. The van der Waals surface area contributed by atoms with Crippen molar-refractivity contribution >= 4 is 35.4 Å². The number of carboxylic acid groups (broad SMARTS) is 2. The number of pyridine rings is 1. The molecule has 1 aromatic heterocycles. The van der Waals surface area contributed by atoms with Crippen molar-refractivity contribution < 1.29 is 29.4 Å². The molecule has 0 atom stereocenters. The third kappa shape index (κ3) is 6.61. The Morgan fingerprint density at radius 2 is 1.23 bits per heavy atom. The molecule has 0 aromatic carbocycles. The van der Waals surface area contributed by atoms with Crippen LogP contribution in [0.2, 0.25) is 0 Å². The first-order chi connectivity index (χ1) is 10.4. The Labute approximate surface area is 124 Å². The van der Waals surface area contributed by atoms with Crippen LogP contribution in [0.15, 0.2) is 42.5 Å². The molecule has 0 unspecified atom stereocenters. The molecule has 1 aromatic rings. The molecular weight excluding hydrogens is 294 g/mol. The minimum absolute atomic E-state index is 0.0834. The van der Waals surface area contributed by atoms with Crippen LogP contribution in [0.25, 0.3) is 0 Å². The number of rotatable bonds is 6. The van der Waals surface area contributed by atoms with Gasteiger partial charge in [-0.05, 0) is 12.1 Å². The number of aromatic nitrogens is 1. The van der Waals surface area contributed by atoms with Gasteiger partial charge in [-0.3, -0.25) is 9.59 Å². The van der Waals surface area contributed by atoms with Crippen molar-refractivity contribution in [1.29, 1.82) is 0 Å². The van der Waals surface area contributed by atoms with Crippen LogP contribution in [-0.4, -0.2) is 39.0 Å². The first-order valence-corrected chi connectivity index (χ1v) is 5.78. The lowest BCUT2D eigenvalue weighted by atomic mass is 10.4. The van der Waals surface area contributed by atoms with Crippen molar-refractivity contribution in [1.82, 2.24) is 4.98 Å². The van der Waals surface area contributed by atoms with E-state index in [1.54, 1.807) is 0 Å². The van der Waals surface area contributed by atoms with Gasteiger partial charge in [0, 0.05) is 24.3 Å². The third-order valence-electron chi connectivity index (χ3n) is 2.01. The van der Waals surface area contributed by atoms with Crippen LogP contribution in [-0.2, 0) is 19.2 Å². The summed E-state index contributed by atoms with van der Waals surface area (Å²) >= 11 is 0. The van der Waals surface area contributed by atoms with Crippen LogP contribution in [0.5, 0.6) is 0 Å². The molecule has 114 valence electrons. The topological polar surface area (TPSA) is 146 Å². The van der Waals surface area contributed by atoms with E-state index < -0.39 is 23.8 Å². The Hall–Kier alpha value is -3.49. The lowest BCUT2D eigenvalue weighted by Crippen LogP contribution is -2.13. The summed E-state index contributed by atoms with van der Waals surface area (Å²) in [6.45, 7) is 0. The number of hydrogen-bond donors (Lipinski definition) is 4. The summed E-state index contributed by atoms with van der Waals surface area (Å²) in [7, 11) is 0. The van der Waals surface area contributed by atoms with Crippen molar-refractivity contribution in [2.45, 2.75) is 0 Å². The molecule has 0 bridgehead atoms. The summed E-state index contributed by atoms with van der Waals surface area (Å²) in [5.74, 6) is -3.78. The Kier molecular flexibility index (Phi) is 5.98. The number of nitrogens with one attached hydrogen (secondary N) is 2. The molecule has 9 nitrogen and oxygen atoms in total. The van der Waals surface area contributed by atoms with Gasteiger partial charge in [-0.15, -0.1) is 0 Å². The molecule has 22 heavy (non-hydrogen) atoms. The zero-order valence-electron chi connectivity index (χ0n) is 11.0. The number of hydrogen-bond acceptors (Lipinski definition) is 5. The molecule has 1 rings (SSSR count). The zero-order chi connectivity index (χ0) is 16.5. The summed E-state index contributed by atoms with van der Waals surface area (Å²) in [5, 5.41) is 21.4. The van der Waals surface area contributed by atoms with Crippen molar-refractivity contribution in [3.8, 4) is 0 Å². The second-order valence-electron chi connectivity index (χ2n) is 3.73. The Bertz CT molecular complexity index is 612. The maximum Gasteiger partial charge on any atom is 0.328 e. The van der Waals surface area contributed by atoms with Crippen LogP contribution in [0.4, 0.5) is 11.6 Å². The van der Waals surface area contributed by atoms with E-state index in [-0.39, 0.29) is 11.6 Å². The number of nitrogens with zero attached hydrogens (tertiary/aromatic N) is 1. The van der Waals surface area contributed by atoms with Gasteiger partial charge >= 0.3 is 11.9 Å². The molecular formula is C13H11N3O6. The standard InChI is InChI=1S/C13H11N3O6/c17-10(4-6-12(19)20)15-8-2-1-3-9(14-8)16-11(18)5-7-13(21)22/h1-7H,(H,19,20)(H,21,22)(H2,14,15,16,17,18). The molecule has 1 heterocycles. The summed E-state index contributed by atoms with van der Waals surface area (Å²) in [6, 6.07) is 4.34. The van der Waals surface area contributed by atoms with Crippen LogP contribution in [0, 0.1) is 0 Å². The first kappa shape index (κ1) is 16.6. The zero-order valence-corrected chi connectivity index (χ0v) is 11.0. The fourth-order valence-corrected chi connectivity index (χ4v) is 1.20. The van der Waals surface area contributed by atoms with Gasteiger partial charge in [0.15, 0.2) is 0 Å². The van der Waals surface area contributed by atoms with E-state index in [0.717, 1.165) is 12.2 Å². The van der Waals surface area contributed by atoms with Gasteiger partial charge in [0.2, 0.25) is 11.8 Å². The van der Waals surface area contributed by atoms with Gasteiger partial charge in [-0.25, -0.2) is 14.6 Å². The Morgan fingerprint density at radius 1 is 0.818 bits per heavy atom. The number of anilines is 2. The maximum atomic E-state index is 11.4. The van der Waals surface area contributed by atoms with E-state index in [4.69, 9.17) is 10.2 Å². The summed E-state index contributed by atoms with van der Waals surface area (Å²) < 4.78 is 0. The largest absolute Gasteiger partial charge is 0.478 e. The predicted molar refractivity (Wildman–Crippen MR) is 75.0 cm³/mol. The van der Waals surface area contributed by atoms with E-state index in [2.05, 4.69) is 15.6 Å². The van der Waals surface area contributed by atoms with Gasteiger partial charge in [-0.1, -0.05) is 6.07 Å². The second kappa shape index (κ2) is 7.94. The lowest BCUT2D eigenvalue weighted by Gasteiger charge is -2.05. The third-order valence-corrected chi connectivity index (χ3v) is 2.01. The molecule has 0 fully saturated rings. The number of carboxylic acids is 2. The van der Waals surface area contributed by atoms with Gasteiger partial charge in [0.1, 0.15) is 11.6 Å². The van der Waals surface area contributed by atoms with E-state index >= 15 is 0 Å². The average molecular weight is 305 g/mol. The van der Waals surface area contributed by atoms with Gasteiger partial charge in [0.25, 0.3) is 0 Å². The molecule has 4 N–H and O–H groups in total. The number of amides is 2. The monoisotopic (exact) mass is 305 g/mol. The molecule has 0 radical (unpaired) electrons. The fraction of sp³-hybridized carbons (Fsp3) is 0. The fourth-order valence-electron chi connectivity index (χ4n) is 1.20. The molecule has 2 amide bonds. The first-order valence-electron chi connectivity index (χ1n) is 5.78. The number of carbonyl (C=O) groups excluding carboxylic acids is 2. The molecule has 0 aliphatic carbocycles. The quantitative estimate of drug-likeness (QED) is 0.550. The highest BCUT2D eigenvalue weighted by Gasteiger charge is 2.04. The van der Waals surface area contributed by atoms with Crippen molar-refractivity contribution in [2.75, 3.05) is 10.6 Å². The Balaban J connectivity index is 2.70. The molecule has 0 aliphatic rings. The lowest BCUT2D eigenvalue weighted by molar-refractivity contribution is -0.132. The second-order valence-corrected chi connectivity index (χ2v) is 3.73. The highest BCUT2D eigenvalue weighted by Crippen LogP contribution is 2.09. The molecule has 0 saturated heterocycles. The van der Waals surface area contributed by atoms with Crippen molar-refractivity contribution in [3.05, 3.63) is 42.5 Å².